The normalized spacial score (nSPS) is 16.0. The van der Waals surface area contributed by atoms with Gasteiger partial charge in [-0.05, 0) is 40.8 Å². The Morgan fingerprint density at radius 1 is 1.04 bits per heavy atom. The molecule has 1 aliphatic rings. The second kappa shape index (κ2) is 7.23. The Morgan fingerprint density at radius 3 is 2.28 bits per heavy atom. The molecule has 1 aliphatic heterocycles. The molecule has 2 aromatic rings. The number of nitrogens with one attached hydrogen (secondary N) is 1. The third-order valence-electron chi connectivity index (χ3n) is 4.13. The smallest absolute Gasteiger partial charge is 0.303 e. The second-order valence-corrected chi connectivity index (χ2v) is 7.24. The van der Waals surface area contributed by atoms with Crippen molar-refractivity contribution in [3.8, 4) is 0 Å². The maximum atomic E-state index is 12.5. The first-order valence-corrected chi connectivity index (χ1v) is 8.92. The topological polar surface area (TPSA) is 49.4 Å². The van der Waals surface area contributed by atoms with Crippen LogP contribution in [0.4, 0.5) is 4.79 Å². The predicted molar refractivity (Wildman–Crippen MR) is 102 cm³/mol. The largest absolute Gasteiger partial charge is 0.329 e. The van der Waals surface area contributed by atoms with Crippen LogP contribution in [0, 0.1) is 0 Å². The van der Waals surface area contributed by atoms with Gasteiger partial charge in [0.15, 0.2) is 0 Å². The molecule has 0 aliphatic carbocycles. The summed E-state index contributed by atoms with van der Waals surface area (Å²) < 4.78 is 0.957. The van der Waals surface area contributed by atoms with E-state index in [2.05, 4.69) is 35.1 Å². The average molecular weight is 399 g/mol. The fourth-order valence-electron chi connectivity index (χ4n) is 2.63. The number of urea groups is 1. The van der Waals surface area contributed by atoms with Gasteiger partial charge in [0.05, 0.1) is 6.54 Å². The Balaban J connectivity index is 1.77. The van der Waals surface area contributed by atoms with Crippen LogP contribution in [0.25, 0.3) is 6.08 Å². The number of carbonyl (C=O) groups is 2. The second-order valence-electron chi connectivity index (χ2n) is 6.33. The van der Waals surface area contributed by atoms with Crippen molar-refractivity contribution in [3.05, 3.63) is 75.4 Å². The lowest BCUT2D eigenvalue weighted by Gasteiger charge is -2.11. The van der Waals surface area contributed by atoms with E-state index in [1.165, 1.54) is 10.5 Å². The van der Waals surface area contributed by atoms with Crippen molar-refractivity contribution in [1.29, 1.82) is 0 Å². The average Bonchev–Trinajstić information content (AvgIpc) is 2.85. The fraction of sp³-hybridized carbons (Fsp3) is 0.200. The third kappa shape index (κ3) is 3.99. The first kappa shape index (κ1) is 17.4. The number of hydrogen-bond donors (Lipinski definition) is 1. The van der Waals surface area contributed by atoms with Crippen LogP contribution >= 0.6 is 15.9 Å². The van der Waals surface area contributed by atoms with Gasteiger partial charge in [0, 0.05) is 4.47 Å². The fourth-order valence-corrected chi connectivity index (χ4v) is 2.90. The number of carbonyl (C=O) groups excluding carboxylic acids is 2. The summed E-state index contributed by atoms with van der Waals surface area (Å²) in [7, 11) is 0. The molecule has 128 valence electrons. The molecule has 25 heavy (non-hydrogen) atoms. The highest BCUT2D eigenvalue weighted by Crippen LogP contribution is 2.20. The van der Waals surface area contributed by atoms with E-state index in [0.29, 0.717) is 11.6 Å². The SMILES string of the molecule is CC(C)c1ccc(/C=C2/NC(=O)N(Cc3ccc(Br)cc3)C2=O)cc1. The molecule has 3 amide bonds. The summed E-state index contributed by atoms with van der Waals surface area (Å²) in [5, 5.41) is 2.66. The molecule has 0 atom stereocenters. The maximum Gasteiger partial charge on any atom is 0.329 e. The molecule has 0 saturated carbocycles. The lowest BCUT2D eigenvalue weighted by atomic mass is 10.0. The summed E-state index contributed by atoms with van der Waals surface area (Å²) in [6, 6.07) is 15.2. The van der Waals surface area contributed by atoms with Crippen LogP contribution in [-0.2, 0) is 11.3 Å². The van der Waals surface area contributed by atoms with Crippen LogP contribution in [0.2, 0.25) is 0 Å². The van der Waals surface area contributed by atoms with Gasteiger partial charge in [0.2, 0.25) is 0 Å². The molecule has 4 nitrogen and oxygen atoms in total. The number of benzene rings is 2. The Labute approximate surface area is 155 Å². The Kier molecular flexibility index (Phi) is 5.04. The van der Waals surface area contributed by atoms with Crippen LogP contribution in [-0.4, -0.2) is 16.8 Å². The predicted octanol–water partition coefficient (Wildman–Crippen LogP) is 4.67. The highest BCUT2D eigenvalue weighted by molar-refractivity contribution is 9.10. The van der Waals surface area contributed by atoms with Crippen molar-refractivity contribution in [2.24, 2.45) is 0 Å². The van der Waals surface area contributed by atoms with E-state index in [-0.39, 0.29) is 12.5 Å². The minimum atomic E-state index is -0.391. The van der Waals surface area contributed by atoms with Crippen molar-refractivity contribution >= 4 is 33.9 Å². The highest BCUT2D eigenvalue weighted by atomic mass is 79.9. The minimum Gasteiger partial charge on any atom is -0.303 e. The number of hydrogen-bond acceptors (Lipinski definition) is 2. The summed E-state index contributed by atoms with van der Waals surface area (Å²) >= 11 is 3.37. The zero-order chi connectivity index (χ0) is 18.0. The van der Waals surface area contributed by atoms with Crippen molar-refractivity contribution in [1.82, 2.24) is 10.2 Å². The number of nitrogens with zero attached hydrogens (tertiary/aromatic N) is 1. The quantitative estimate of drug-likeness (QED) is 0.600. The standard InChI is InChI=1S/C20H19BrN2O2/c1-13(2)16-7-3-14(4-8-16)11-18-19(24)23(20(25)22-18)12-15-5-9-17(21)10-6-15/h3-11,13H,12H2,1-2H3,(H,22,25)/b18-11+. The van der Waals surface area contributed by atoms with Crippen LogP contribution in [0.3, 0.4) is 0 Å². The van der Waals surface area contributed by atoms with Gasteiger partial charge >= 0.3 is 6.03 Å². The molecular formula is C20H19BrN2O2. The number of rotatable bonds is 4. The van der Waals surface area contributed by atoms with Crippen LogP contribution in [0.15, 0.2) is 58.7 Å². The number of imide groups is 1. The highest BCUT2D eigenvalue weighted by Gasteiger charge is 2.33. The Hall–Kier alpha value is -2.40. The van der Waals surface area contributed by atoms with Gasteiger partial charge in [-0.1, -0.05) is 66.2 Å². The molecule has 5 heteroatoms. The van der Waals surface area contributed by atoms with E-state index >= 15 is 0 Å². The molecule has 0 bridgehead atoms. The van der Waals surface area contributed by atoms with Gasteiger partial charge in [-0.3, -0.25) is 9.69 Å². The van der Waals surface area contributed by atoms with E-state index in [0.717, 1.165) is 15.6 Å². The van der Waals surface area contributed by atoms with E-state index in [9.17, 15) is 9.59 Å². The van der Waals surface area contributed by atoms with Gasteiger partial charge in [0.25, 0.3) is 5.91 Å². The molecule has 0 unspecified atom stereocenters. The monoisotopic (exact) mass is 398 g/mol. The molecule has 1 N–H and O–H groups in total. The number of amides is 3. The van der Waals surface area contributed by atoms with Gasteiger partial charge < -0.3 is 5.32 Å². The molecule has 0 spiro atoms. The summed E-state index contributed by atoms with van der Waals surface area (Å²) in [4.78, 5) is 25.9. The van der Waals surface area contributed by atoms with E-state index in [1.54, 1.807) is 6.08 Å². The summed E-state index contributed by atoms with van der Waals surface area (Å²) in [6.07, 6.45) is 1.71. The van der Waals surface area contributed by atoms with Crippen molar-refractivity contribution in [2.75, 3.05) is 0 Å². The molecule has 0 radical (unpaired) electrons. The van der Waals surface area contributed by atoms with E-state index in [4.69, 9.17) is 0 Å². The van der Waals surface area contributed by atoms with Gasteiger partial charge in [-0.15, -0.1) is 0 Å². The minimum absolute atomic E-state index is 0.252. The van der Waals surface area contributed by atoms with Crippen molar-refractivity contribution in [2.45, 2.75) is 26.3 Å². The van der Waals surface area contributed by atoms with E-state index in [1.807, 2.05) is 48.5 Å². The lowest BCUT2D eigenvalue weighted by Crippen LogP contribution is -2.30. The van der Waals surface area contributed by atoms with Crippen molar-refractivity contribution < 1.29 is 9.59 Å². The Bertz CT molecular complexity index is 824. The molecule has 1 heterocycles. The molecular weight excluding hydrogens is 380 g/mol. The first-order chi connectivity index (χ1) is 11.9. The van der Waals surface area contributed by atoms with E-state index < -0.39 is 6.03 Å². The maximum absolute atomic E-state index is 12.5. The lowest BCUT2D eigenvalue weighted by molar-refractivity contribution is -0.123. The van der Waals surface area contributed by atoms with Crippen molar-refractivity contribution in [3.63, 3.8) is 0 Å². The summed E-state index contributed by atoms with van der Waals surface area (Å²) in [5.41, 5.74) is 3.33. The molecule has 0 aromatic heterocycles. The molecule has 2 aromatic carbocycles. The zero-order valence-corrected chi connectivity index (χ0v) is 15.7. The molecule has 1 fully saturated rings. The zero-order valence-electron chi connectivity index (χ0n) is 14.1. The summed E-state index contributed by atoms with van der Waals surface area (Å²) in [6.45, 7) is 4.52. The molecule has 1 saturated heterocycles. The van der Waals surface area contributed by atoms with Crippen LogP contribution in [0.1, 0.15) is 36.5 Å². The van der Waals surface area contributed by atoms with Crippen LogP contribution < -0.4 is 5.32 Å². The van der Waals surface area contributed by atoms with Gasteiger partial charge in [-0.2, -0.15) is 0 Å². The van der Waals surface area contributed by atoms with Crippen LogP contribution in [0.5, 0.6) is 0 Å². The van der Waals surface area contributed by atoms with Gasteiger partial charge in [-0.25, -0.2) is 4.79 Å². The third-order valence-corrected chi connectivity index (χ3v) is 4.66. The molecule has 3 rings (SSSR count). The summed E-state index contributed by atoms with van der Waals surface area (Å²) in [5.74, 6) is 0.150. The Morgan fingerprint density at radius 2 is 1.68 bits per heavy atom. The number of halogens is 1. The van der Waals surface area contributed by atoms with Gasteiger partial charge in [0.1, 0.15) is 5.70 Å². The first-order valence-electron chi connectivity index (χ1n) is 8.13.